The number of benzene rings is 1. The molecule has 1 aliphatic carbocycles. The second-order valence-corrected chi connectivity index (χ2v) is 5.54. The van der Waals surface area contributed by atoms with E-state index in [1.165, 1.54) is 12.8 Å². The lowest BCUT2D eigenvalue weighted by Gasteiger charge is -2.17. The molecular weight excluding hydrogens is 312 g/mol. The van der Waals surface area contributed by atoms with Crippen molar-refractivity contribution < 1.29 is 19.4 Å². The van der Waals surface area contributed by atoms with Crippen LogP contribution in [-0.4, -0.2) is 24.3 Å². The maximum atomic E-state index is 10.8. The van der Waals surface area contributed by atoms with Crippen molar-refractivity contribution in [2.75, 3.05) is 7.11 Å². The largest absolute Gasteiger partial charge is 0.493 e. The first-order valence-electron chi connectivity index (χ1n) is 6.35. The molecule has 0 aromatic heterocycles. The van der Waals surface area contributed by atoms with Crippen LogP contribution >= 0.6 is 15.9 Å². The fraction of sp³-hybridized carbons (Fsp3) is 0.500. The first kappa shape index (κ1) is 14.2. The minimum atomic E-state index is -0.868. The van der Waals surface area contributed by atoms with E-state index in [2.05, 4.69) is 15.9 Å². The van der Waals surface area contributed by atoms with Gasteiger partial charge in [0.15, 0.2) is 11.5 Å². The molecule has 0 saturated heterocycles. The highest BCUT2D eigenvalue weighted by molar-refractivity contribution is 9.10. The van der Waals surface area contributed by atoms with Gasteiger partial charge in [-0.3, -0.25) is 4.79 Å². The molecule has 2 rings (SSSR count). The van der Waals surface area contributed by atoms with E-state index in [0.29, 0.717) is 17.1 Å². The van der Waals surface area contributed by atoms with E-state index in [1.54, 1.807) is 19.2 Å². The SMILES string of the molecule is COc1cc(CC(=O)O)c(Br)cc1OC1CCCC1. The Bertz CT molecular complexity index is 467. The highest BCUT2D eigenvalue weighted by Gasteiger charge is 2.20. The molecule has 0 atom stereocenters. The lowest BCUT2D eigenvalue weighted by Crippen LogP contribution is -2.12. The summed E-state index contributed by atoms with van der Waals surface area (Å²) >= 11 is 3.39. The molecule has 4 nitrogen and oxygen atoms in total. The molecule has 19 heavy (non-hydrogen) atoms. The summed E-state index contributed by atoms with van der Waals surface area (Å²) in [6, 6.07) is 3.53. The van der Waals surface area contributed by atoms with Crippen molar-refractivity contribution in [1.29, 1.82) is 0 Å². The van der Waals surface area contributed by atoms with Gasteiger partial charge in [0.2, 0.25) is 0 Å². The van der Waals surface area contributed by atoms with Gasteiger partial charge in [0, 0.05) is 4.47 Å². The molecule has 104 valence electrons. The van der Waals surface area contributed by atoms with E-state index >= 15 is 0 Å². The summed E-state index contributed by atoms with van der Waals surface area (Å²) in [6.45, 7) is 0. The predicted octanol–water partition coefficient (Wildman–Crippen LogP) is 3.41. The molecule has 1 N–H and O–H groups in total. The molecule has 5 heteroatoms. The topological polar surface area (TPSA) is 55.8 Å². The van der Waals surface area contributed by atoms with E-state index in [9.17, 15) is 4.79 Å². The molecule has 1 aromatic rings. The van der Waals surface area contributed by atoms with Crippen molar-refractivity contribution in [2.24, 2.45) is 0 Å². The lowest BCUT2D eigenvalue weighted by atomic mass is 10.1. The van der Waals surface area contributed by atoms with E-state index in [0.717, 1.165) is 17.3 Å². The summed E-state index contributed by atoms with van der Waals surface area (Å²) in [7, 11) is 1.56. The van der Waals surface area contributed by atoms with Crippen LogP contribution in [0.25, 0.3) is 0 Å². The van der Waals surface area contributed by atoms with Crippen molar-refractivity contribution in [3.05, 3.63) is 22.2 Å². The van der Waals surface area contributed by atoms with E-state index in [-0.39, 0.29) is 12.5 Å². The predicted molar refractivity (Wildman–Crippen MR) is 74.9 cm³/mol. The number of halogens is 1. The quantitative estimate of drug-likeness (QED) is 0.899. The van der Waals surface area contributed by atoms with Crippen LogP contribution in [0.3, 0.4) is 0 Å². The standard InChI is InChI=1S/C14H17BrO4/c1-18-12-6-9(7-14(16)17)11(15)8-13(12)19-10-4-2-3-5-10/h6,8,10H,2-5,7H2,1H3,(H,16,17). The Hall–Kier alpha value is -1.23. The van der Waals surface area contributed by atoms with Gasteiger partial charge in [0.25, 0.3) is 0 Å². The number of rotatable bonds is 5. The van der Waals surface area contributed by atoms with Gasteiger partial charge in [-0.15, -0.1) is 0 Å². The second kappa shape index (κ2) is 6.28. The average Bonchev–Trinajstić information content (AvgIpc) is 2.85. The molecule has 0 aliphatic heterocycles. The maximum absolute atomic E-state index is 10.8. The summed E-state index contributed by atoms with van der Waals surface area (Å²) < 4.78 is 12.0. The Kier molecular flexibility index (Phi) is 4.69. The normalized spacial score (nSPS) is 15.5. The van der Waals surface area contributed by atoms with Gasteiger partial charge in [0.1, 0.15) is 0 Å². The first-order valence-corrected chi connectivity index (χ1v) is 7.14. The summed E-state index contributed by atoms with van der Waals surface area (Å²) in [6.07, 6.45) is 4.73. The Morgan fingerprint density at radius 1 is 1.37 bits per heavy atom. The monoisotopic (exact) mass is 328 g/mol. The molecule has 0 heterocycles. The third-order valence-electron chi connectivity index (χ3n) is 3.27. The van der Waals surface area contributed by atoms with Crippen molar-refractivity contribution in [3.8, 4) is 11.5 Å². The smallest absolute Gasteiger partial charge is 0.307 e. The minimum Gasteiger partial charge on any atom is -0.493 e. The maximum Gasteiger partial charge on any atom is 0.307 e. The van der Waals surface area contributed by atoms with Crippen LogP contribution < -0.4 is 9.47 Å². The number of hydrogen-bond donors (Lipinski definition) is 1. The van der Waals surface area contributed by atoms with Gasteiger partial charge in [-0.25, -0.2) is 0 Å². The summed E-state index contributed by atoms with van der Waals surface area (Å²) in [5, 5.41) is 8.86. The minimum absolute atomic E-state index is 0.0410. The Morgan fingerprint density at radius 3 is 2.63 bits per heavy atom. The summed E-state index contributed by atoms with van der Waals surface area (Å²) in [5.41, 5.74) is 0.683. The van der Waals surface area contributed by atoms with E-state index in [4.69, 9.17) is 14.6 Å². The average molecular weight is 329 g/mol. The van der Waals surface area contributed by atoms with Gasteiger partial charge in [-0.1, -0.05) is 15.9 Å². The van der Waals surface area contributed by atoms with Gasteiger partial charge in [-0.05, 0) is 43.4 Å². The fourth-order valence-electron chi connectivity index (χ4n) is 2.31. The number of carboxylic acid groups (broad SMARTS) is 1. The van der Waals surface area contributed by atoms with Crippen molar-refractivity contribution in [1.82, 2.24) is 0 Å². The van der Waals surface area contributed by atoms with Crippen LogP contribution in [0.15, 0.2) is 16.6 Å². The Morgan fingerprint density at radius 2 is 2.05 bits per heavy atom. The van der Waals surface area contributed by atoms with Crippen LogP contribution in [0.4, 0.5) is 0 Å². The molecule has 1 saturated carbocycles. The van der Waals surface area contributed by atoms with Crippen LogP contribution in [0.5, 0.6) is 11.5 Å². The first-order chi connectivity index (χ1) is 9.10. The van der Waals surface area contributed by atoms with Gasteiger partial charge in [0.05, 0.1) is 19.6 Å². The summed E-state index contributed by atoms with van der Waals surface area (Å²) in [4.78, 5) is 10.8. The third-order valence-corrected chi connectivity index (χ3v) is 4.01. The molecular formula is C14H17BrO4. The van der Waals surface area contributed by atoms with Crippen LogP contribution in [0, 0.1) is 0 Å². The third kappa shape index (κ3) is 3.62. The number of ether oxygens (including phenoxy) is 2. The lowest BCUT2D eigenvalue weighted by molar-refractivity contribution is -0.136. The molecule has 1 fully saturated rings. The van der Waals surface area contributed by atoms with Crippen molar-refractivity contribution in [3.63, 3.8) is 0 Å². The van der Waals surface area contributed by atoms with Gasteiger partial charge in [-0.2, -0.15) is 0 Å². The Balaban J connectivity index is 2.22. The molecule has 0 unspecified atom stereocenters. The Labute approximate surface area is 120 Å². The van der Waals surface area contributed by atoms with Crippen molar-refractivity contribution >= 4 is 21.9 Å². The summed E-state index contributed by atoms with van der Waals surface area (Å²) in [5.74, 6) is 0.397. The molecule has 1 aliphatic rings. The fourth-order valence-corrected chi connectivity index (χ4v) is 2.78. The van der Waals surface area contributed by atoms with Gasteiger partial charge >= 0.3 is 5.97 Å². The van der Waals surface area contributed by atoms with Crippen molar-refractivity contribution in [2.45, 2.75) is 38.2 Å². The molecule has 0 bridgehead atoms. The number of carboxylic acids is 1. The van der Waals surface area contributed by atoms with Gasteiger partial charge < -0.3 is 14.6 Å². The molecule has 0 spiro atoms. The number of aliphatic carboxylic acids is 1. The second-order valence-electron chi connectivity index (χ2n) is 4.69. The van der Waals surface area contributed by atoms with Crippen LogP contribution in [0.1, 0.15) is 31.2 Å². The molecule has 1 aromatic carbocycles. The van der Waals surface area contributed by atoms with E-state index in [1.807, 2.05) is 0 Å². The zero-order valence-electron chi connectivity index (χ0n) is 10.8. The zero-order valence-corrected chi connectivity index (χ0v) is 12.4. The number of methoxy groups -OCH3 is 1. The number of hydrogen-bond acceptors (Lipinski definition) is 3. The highest BCUT2D eigenvalue weighted by Crippen LogP contribution is 2.36. The van der Waals surface area contributed by atoms with Crippen LogP contribution in [0.2, 0.25) is 0 Å². The highest BCUT2D eigenvalue weighted by atomic mass is 79.9. The van der Waals surface area contributed by atoms with E-state index < -0.39 is 5.97 Å². The zero-order chi connectivity index (χ0) is 13.8. The van der Waals surface area contributed by atoms with Crippen LogP contribution in [-0.2, 0) is 11.2 Å². The molecule has 0 radical (unpaired) electrons. The number of carbonyl (C=O) groups is 1. The molecule has 0 amide bonds.